The van der Waals surface area contributed by atoms with Gasteiger partial charge in [-0.2, -0.15) is 0 Å². The number of rotatable bonds is 25. The molecule has 0 aliphatic heterocycles. The number of carbonyl (C=O) groups is 2. The minimum atomic E-state index is -1.83. The van der Waals surface area contributed by atoms with Crippen molar-refractivity contribution in [3.8, 4) is 0 Å². The van der Waals surface area contributed by atoms with Gasteiger partial charge in [0.15, 0.2) is 11.4 Å². The van der Waals surface area contributed by atoms with Gasteiger partial charge in [0.05, 0.1) is 21.1 Å². The lowest BCUT2D eigenvalue weighted by Gasteiger charge is -2.34. The second-order valence-corrected chi connectivity index (χ2v) is 11.6. The van der Waals surface area contributed by atoms with Crippen LogP contribution >= 0.6 is 0 Å². The first kappa shape index (κ1) is 33.1. The largest absolute Gasteiger partial charge is 0.550 e. The number of ketones is 1. The molecular formula is C29H57NO4. The van der Waals surface area contributed by atoms with Gasteiger partial charge in [0.25, 0.3) is 0 Å². The maximum absolute atomic E-state index is 12.5. The Morgan fingerprint density at radius 3 is 1.26 bits per heavy atom. The average molecular weight is 484 g/mol. The molecule has 0 rings (SSSR count). The number of aliphatic hydroxyl groups is 1. The van der Waals surface area contributed by atoms with Crippen LogP contribution in [0.25, 0.3) is 0 Å². The van der Waals surface area contributed by atoms with Gasteiger partial charge in [-0.25, -0.2) is 0 Å². The molecule has 5 heteroatoms. The first-order valence-corrected chi connectivity index (χ1v) is 14.4. The van der Waals surface area contributed by atoms with Crippen LogP contribution < -0.4 is 5.11 Å². The number of carbonyl (C=O) groups excluding carboxylic acids is 2. The number of unbranched alkanes of at least 4 members (excludes halogenated alkanes) is 18. The Balaban J connectivity index is 3.59. The van der Waals surface area contributed by atoms with E-state index in [9.17, 15) is 19.8 Å². The van der Waals surface area contributed by atoms with Crippen molar-refractivity contribution in [1.82, 2.24) is 0 Å². The summed E-state index contributed by atoms with van der Waals surface area (Å²) in [6.45, 7) is 2.36. The summed E-state index contributed by atoms with van der Waals surface area (Å²) in [6.07, 6.45) is 24.2. The van der Waals surface area contributed by atoms with Gasteiger partial charge in [-0.15, -0.1) is 0 Å². The minimum Gasteiger partial charge on any atom is -0.550 e. The summed E-state index contributed by atoms with van der Waals surface area (Å²) >= 11 is 0. The van der Waals surface area contributed by atoms with E-state index in [4.69, 9.17) is 0 Å². The van der Waals surface area contributed by atoms with Crippen LogP contribution in [0.3, 0.4) is 0 Å². The van der Waals surface area contributed by atoms with Crippen LogP contribution in [0.5, 0.6) is 0 Å². The molecule has 1 unspecified atom stereocenters. The van der Waals surface area contributed by atoms with Gasteiger partial charge in [-0.1, -0.05) is 122 Å². The smallest absolute Gasteiger partial charge is 0.177 e. The molecular weight excluding hydrogens is 426 g/mol. The molecule has 202 valence electrons. The van der Waals surface area contributed by atoms with Gasteiger partial charge in [0, 0.05) is 18.8 Å². The van der Waals surface area contributed by atoms with Crippen molar-refractivity contribution in [2.45, 2.75) is 147 Å². The number of hydrogen-bond donors (Lipinski definition) is 1. The van der Waals surface area contributed by atoms with Gasteiger partial charge in [0.1, 0.15) is 6.54 Å². The number of hydrogen-bond acceptors (Lipinski definition) is 4. The molecule has 34 heavy (non-hydrogen) atoms. The lowest BCUT2D eigenvalue weighted by molar-refractivity contribution is -0.875. The zero-order chi connectivity index (χ0) is 25.7. The Morgan fingerprint density at radius 2 is 0.971 bits per heavy atom. The van der Waals surface area contributed by atoms with E-state index in [1.54, 1.807) is 0 Å². The highest BCUT2D eigenvalue weighted by molar-refractivity contribution is 5.90. The molecule has 0 fully saturated rings. The highest BCUT2D eigenvalue weighted by Gasteiger charge is 2.40. The molecule has 0 aliphatic carbocycles. The Kier molecular flexibility index (Phi) is 19.7. The standard InChI is InChI=1S/C29H57NO4/c1-5-6-7-8-9-10-11-12-13-14-15-16-17-18-19-20-21-22-23-24-27(31)29(34,25-28(32)33)26-30(2,3)4/h34H,5-26H2,1-4H3. The first-order chi connectivity index (χ1) is 16.1. The molecule has 1 N–H and O–H groups in total. The summed E-state index contributed by atoms with van der Waals surface area (Å²) in [5.41, 5.74) is -1.83. The average Bonchev–Trinajstić information content (AvgIpc) is 2.73. The van der Waals surface area contributed by atoms with Crippen molar-refractivity contribution in [1.29, 1.82) is 0 Å². The molecule has 0 amide bonds. The van der Waals surface area contributed by atoms with Gasteiger partial charge in [0.2, 0.25) is 0 Å². The number of carboxylic acid groups (broad SMARTS) is 1. The third kappa shape index (κ3) is 20.4. The number of Topliss-reactive ketones (excluding diaryl/α,β-unsaturated/α-hetero) is 1. The van der Waals surface area contributed by atoms with Crippen LogP contribution in [0.1, 0.15) is 142 Å². The number of quaternary nitrogens is 1. The summed E-state index contributed by atoms with van der Waals surface area (Å²) in [6, 6.07) is 0. The molecule has 0 saturated heterocycles. The number of likely N-dealkylation sites (N-methyl/N-ethyl adjacent to an activating group) is 1. The second kappa shape index (κ2) is 20.3. The van der Waals surface area contributed by atoms with Crippen molar-refractivity contribution in [3.05, 3.63) is 0 Å². The Labute approximate surface area is 211 Å². The molecule has 0 saturated carbocycles. The van der Waals surface area contributed by atoms with Gasteiger partial charge >= 0.3 is 0 Å². The van der Waals surface area contributed by atoms with Crippen LogP contribution in [0.15, 0.2) is 0 Å². The topological polar surface area (TPSA) is 77.4 Å². The first-order valence-electron chi connectivity index (χ1n) is 14.4. The van der Waals surface area contributed by atoms with Gasteiger partial charge in [-0.3, -0.25) is 4.79 Å². The van der Waals surface area contributed by atoms with E-state index < -0.39 is 18.0 Å². The third-order valence-electron chi connectivity index (χ3n) is 6.70. The molecule has 0 heterocycles. The fourth-order valence-electron chi connectivity index (χ4n) is 4.86. The van der Waals surface area contributed by atoms with Crippen molar-refractivity contribution in [3.63, 3.8) is 0 Å². The minimum absolute atomic E-state index is 0.0823. The summed E-state index contributed by atoms with van der Waals surface area (Å²) in [5, 5.41) is 21.7. The van der Waals surface area contributed by atoms with Crippen LogP contribution in [-0.4, -0.2) is 54.6 Å². The molecule has 5 nitrogen and oxygen atoms in total. The Morgan fingerprint density at radius 1 is 0.647 bits per heavy atom. The summed E-state index contributed by atoms with van der Waals surface area (Å²) < 4.78 is 0.328. The van der Waals surface area contributed by atoms with Crippen LogP contribution in [-0.2, 0) is 9.59 Å². The quantitative estimate of drug-likeness (QED) is 0.128. The zero-order valence-corrected chi connectivity index (χ0v) is 23.2. The molecule has 0 aromatic carbocycles. The van der Waals surface area contributed by atoms with E-state index >= 15 is 0 Å². The highest BCUT2D eigenvalue weighted by atomic mass is 16.4. The molecule has 0 radical (unpaired) electrons. The van der Waals surface area contributed by atoms with E-state index in [-0.39, 0.29) is 18.7 Å². The van der Waals surface area contributed by atoms with Crippen molar-refractivity contribution < 1.29 is 24.3 Å². The maximum Gasteiger partial charge on any atom is 0.177 e. The van der Waals surface area contributed by atoms with E-state index in [0.29, 0.717) is 10.9 Å². The van der Waals surface area contributed by atoms with E-state index in [0.717, 1.165) is 12.8 Å². The van der Waals surface area contributed by atoms with E-state index in [1.807, 2.05) is 21.1 Å². The molecule has 0 aromatic heterocycles. The van der Waals surface area contributed by atoms with E-state index in [1.165, 1.54) is 103 Å². The lowest BCUT2D eigenvalue weighted by atomic mass is 9.89. The second-order valence-electron chi connectivity index (χ2n) is 11.6. The molecule has 0 aromatic rings. The number of aliphatic carboxylic acids is 1. The predicted octanol–water partition coefficient (Wildman–Crippen LogP) is 5.95. The van der Waals surface area contributed by atoms with Gasteiger partial charge < -0.3 is 19.5 Å². The Hall–Kier alpha value is -0.940. The molecule has 1 atom stereocenters. The maximum atomic E-state index is 12.5. The van der Waals surface area contributed by atoms with Crippen molar-refractivity contribution >= 4 is 11.8 Å². The number of carboxylic acids is 1. The highest BCUT2D eigenvalue weighted by Crippen LogP contribution is 2.20. The molecule has 0 aliphatic rings. The van der Waals surface area contributed by atoms with Crippen LogP contribution in [0.4, 0.5) is 0 Å². The van der Waals surface area contributed by atoms with Crippen LogP contribution in [0.2, 0.25) is 0 Å². The summed E-state index contributed by atoms with van der Waals surface area (Å²) in [7, 11) is 5.51. The van der Waals surface area contributed by atoms with Crippen molar-refractivity contribution in [2.75, 3.05) is 27.7 Å². The van der Waals surface area contributed by atoms with Crippen LogP contribution in [0, 0.1) is 0 Å². The lowest BCUT2D eigenvalue weighted by Crippen LogP contribution is -2.56. The van der Waals surface area contributed by atoms with Crippen molar-refractivity contribution in [2.24, 2.45) is 0 Å². The fraction of sp³-hybridized carbons (Fsp3) is 0.931. The molecule has 0 bridgehead atoms. The third-order valence-corrected chi connectivity index (χ3v) is 6.70. The zero-order valence-electron chi connectivity index (χ0n) is 23.2. The summed E-state index contributed by atoms with van der Waals surface area (Å²) in [5.74, 6) is -1.74. The SMILES string of the molecule is CCCCCCCCCCCCCCCCCCCCCC(=O)C(O)(CC(=O)[O-])C[N+](C)(C)C. The predicted molar refractivity (Wildman–Crippen MR) is 140 cm³/mol. The van der Waals surface area contributed by atoms with E-state index in [2.05, 4.69) is 6.92 Å². The number of nitrogens with zero attached hydrogens (tertiary/aromatic N) is 1. The van der Waals surface area contributed by atoms with Gasteiger partial charge in [-0.05, 0) is 6.42 Å². The normalized spacial score (nSPS) is 13.7. The summed E-state index contributed by atoms with van der Waals surface area (Å²) in [4.78, 5) is 23.5. The fourth-order valence-corrected chi connectivity index (χ4v) is 4.86. The monoisotopic (exact) mass is 483 g/mol. The Bertz CT molecular complexity index is 515. The molecule has 0 spiro atoms.